The molecule has 2 aliphatic heterocycles. The lowest BCUT2D eigenvalue weighted by Crippen LogP contribution is -2.50. The van der Waals surface area contributed by atoms with Crippen LogP contribution in [0.4, 0.5) is 0 Å². The predicted octanol–water partition coefficient (Wildman–Crippen LogP) is 2.22. The lowest BCUT2D eigenvalue weighted by atomic mass is 9.79. The molecule has 0 bridgehead atoms. The van der Waals surface area contributed by atoms with Crippen LogP contribution >= 0.6 is 0 Å². The van der Waals surface area contributed by atoms with Gasteiger partial charge in [0.25, 0.3) is 0 Å². The Morgan fingerprint density at radius 1 is 1.04 bits per heavy atom. The number of ether oxygens (including phenoxy) is 2. The zero-order chi connectivity index (χ0) is 19.3. The minimum absolute atomic E-state index is 0.0828. The minimum Gasteiger partial charge on any atom is -0.381 e. The molecule has 0 aromatic heterocycles. The molecule has 1 aromatic rings. The highest BCUT2D eigenvalue weighted by Gasteiger charge is 2.36. The van der Waals surface area contributed by atoms with Crippen LogP contribution in [0.2, 0.25) is 0 Å². The average molecular weight is 397 g/mol. The van der Waals surface area contributed by atoms with Crippen molar-refractivity contribution in [2.24, 2.45) is 5.41 Å². The van der Waals surface area contributed by atoms with Gasteiger partial charge in [-0.2, -0.15) is 0 Å². The topological polar surface area (TPSA) is 67.9 Å². The summed E-state index contributed by atoms with van der Waals surface area (Å²) in [4.78, 5) is 2.72. The molecule has 1 aromatic carbocycles. The molecule has 0 saturated carbocycles. The number of nitrogens with one attached hydrogen (secondary N) is 1. The first-order valence-electron chi connectivity index (χ1n) is 9.88. The highest BCUT2D eigenvalue weighted by Crippen LogP contribution is 2.32. The lowest BCUT2D eigenvalue weighted by Gasteiger charge is -2.42. The third kappa shape index (κ3) is 5.51. The van der Waals surface area contributed by atoms with Crippen molar-refractivity contribution in [3.63, 3.8) is 0 Å². The molecule has 1 N–H and O–H groups in total. The van der Waals surface area contributed by atoms with Crippen LogP contribution in [-0.4, -0.2) is 65.9 Å². The van der Waals surface area contributed by atoms with Gasteiger partial charge in [0.1, 0.15) is 0 Å². The normalized spacial score (nSPS) is 21.4. The first-order chi connectivity index (χ1) is 12.9. The largest absolute Gasteiger partial charge is 0.381 e. The molecule has 0 aliphatic carbocycles. The maximum atomic E-state index is 12.8. The standard InChI is InChI=1S/C20H32N2O4S/c1-17(2)18-3-5-19(6-4-18)27(23,24)21-15-20(7-11-25-12-8-20)16-22-9-13-26-14-10-22/h3-6,17,21H,7-16H2,1-2H3. The van der Waals surface area contributed by atoms with Gasteiger partial charge in [-0.3, -0.25) is 4.90 Å². The van der Waals surface area contributed by atoms with Crippen LogP contribution in [0.25, 0.3) is 0 Å². The molecule has 6 nitrogen and oxygen atoms in total. The van der Waals surface area contributed by atoms with Crippen molar-refractivity contribution in [1.82, 2.24) is 9.62 Å². The Hall–Kier alpha value is -0.990. The van der Waals surface area contributed by atoms with E-state index in [1.54, 1.807) is 12.1 Å². The number of hydrogen-bond donors (Lipinski definition) is 1. The van der Waals surface area contributed by atoms with Crippen LogP contribution in [0.15, 0.2) is 29.2 Å². The molecule has 2 aliphatic rings. The molecule has 2 heterocycles. The van der Waals surface area contributed by atoms with E-state index in [0.717, 1.165) is 51.3 Å². The van der Waals surface area contributed by atoms with Crippen molar-refractivity contribution in [2.75, 3.05) is 52.6 Å². The fourth-order valence-electron chi connectivity index (χ4n) is 3.79. The van der Waals surface area contributed by atoms with Gasteiger partial charge in [0.05, 0.1) is 18.1 Å². The lowest BCUT2D eigenvalue weighted by molar-refractivity contribution is -0.0270. The van der Waals surface area contributed by atoms with Crippen LogP contribution in [0, 0.1) is 5.41 Å². The summed E-state index contributed by atoms with van der Waals surface area (Å²) >= 11 is 0. The highest BCUT2D eigenvalue weighted by molar-refractivity contribution is 7.89. The van der Waals surface area contributed by atoms with Gasteiger partial charge in [-0.05, 0) is 36.5 Å². The van der Waals surface area contributed by atoms with E-state index in [-0.39, 0.29) is 5.41 Å². The number of hydrogen-bond acceptors (Lipinski definition) is 5. The van der Waals surface area contributed by atoms with Crippen LogP contribution in [-0.2, 0) is 19.5 Å². The molecule has 0 radical (unpaired) electrons. The van der Waals surface area contributed by atoms with Gasteiger partial charge >= 0.3 is 0 Å². The van der Waals surface area contributed by atoms with E-state index in [0.29, 0.717) is 30.6 Å². The molecule has 2 fully saturated rings. The molecule has 0 unspecified atom stereocenters. The van der Waals surface area contributed by atoms with Crippen LogP contribution in [0.1, 0.15) is 38.2 Å². The van der Waals surface area contributed by atoms with Crippen molar-refractivity contribution in [3.05, 3.63) is 29.8 Å². The molecule has 152 valence electrons. The summed E-state index contributed by atoms with van der Waals surface area (Å²) in [6.45, 7) is 10.2. The second kappa shape index (κ2) is 9.01. The van der Waals surface area contributed by atoms with Gasteiger partial charge in [-0.1, -0.05) is 26.0 Å². The summed E-state index contributed by atoms with van der Waals surface area (Å²) in [7, 11) is -3.52. The van der Waals surface area contributed by atoms with Gasteiger partial charge in [-0.25, -0.2) is 13.1 Å². The maximum Gasteiger partial charge on any atom is 0.240 e. The molecule has 2 saturated heterocycles. The second-order valence-electron chi connectivity index (χ2n) is 8.05. The first kappa shape index (κ1) is 20.7. The van der Waals surface area contributed by atoms with Crippen LogP contribution in [0.3, 0.4) is 0 Å². The number of rotatable bonds is 7. The first-order valence-corrected chi connectivity index (χ1v) is 11.4. The minimum atomic E-state index is -3.52. The van der Waals surface area contributed by atoms with E-state index >= 15 is 0 Å². The highest BCUT2D eigenvalue weighted by atomic mass is 32.2. The summed E-state index contributed by atoms with van der Waals surface area (Å²) in [6.07, 6.45) is 1.75. The fraction of sp³-hybridized carbons (Fsp3) is 0.700. The van der Waals surface area contributed by atoms with E-state index in [1.807, 2.05) is 12.1 Å². The Bertz CT molecular complexity index is 691. The summed E-state index contributed by atoms with van der Waals surface area (Å²) < 4.78 is 39.5. The second-order valence-corrected chi connectivity index (χ2v) is 9.82. The number of morpholine rings is 1. The van der Waals surface area contributed by atoms with Gasteiger partial charge in [-0.15, -0.1) is 0 Å². The van der Waals surface area contributed by atoms with Crippen molar-refractivity contribution in [2.45, 2.75) is 37.5 Å². The SMILES string of the molecule is CC(C)c1ccc(S(=O)(=O)NCC2(CN3CCOCC3)CCOCC2)cc1. The Balaban J connectivity index is 1.68. The Kier molecular flexibility index (Phi) is 6.92. The summed E-state index contributed by atoms with van der Waals surface area (Å²) in [6, 6.07) is 7.21. The smallest absolute Gasteiger partial charge is 0.240 e. The van der Waals surface area contributed by atoms with Crippen molar-refractivity contribution >= 4 is 10.0 Å². The Labute approximate surface area is 163 Å². The monoisotopic (exact) mass is 396 g/mol. The number of benzene rings is 1. The van der Waals surface area contributed by atoms with Gasteiger partial charge < -0.3 is 9.47 Å². The van der Waals surface area contributed by atoms with Crippen LogP contribution < -0.4 is 4.72 Å². The molecule has 0 atom stereocenters. The quantitative estimate of drug-likeness (QED) is 0.765. The molecule has 0 amide bonds. The van der Waals surface area contributed by atoms with Crippen molar-refractivity contribution in [1.29, 1.82) is 0 Å². The fourth-order valence-corrected chi connectivity index (χ4v) is 4.95. The van der Waals surface area contributed by atoms with E-state index in [2.05, 4.69) is 23.5 Å². The third-order valence-electron chi connectivity index (χ3n) is 5.71. The van der Waals surface area contributed by atoms with Crippen molar-refractivity contribution < 1.29 is 17.9 Å². The molecule has 7 heteroatoms. The zero-order valence-electron chi connectivity index (χ0n) is 16.4. The summed E-state index contributed by atoms with van der Waals surface area (Å²) in [5.41, 5.74) is 1.06. The van der Waals surface area contributed by atoms with E-state index in [9.17, 15) is 8.42 Å². The predicted molar refractivity (Wildman–Crippen MR) is 105 cm³/mol. The van der Waals surface area contributed by atoms with Gasteiger partial charge in [0.2, 0.25) is 10.0 Å². The number of sulfonamides is 1. The van der Waals surface area contributed by atoms with Gasteiger partial charge in [0, 0.05) is 44.8 Å². The Morgan fingerprint density at radius 3 is 2.22 bits per heavy atom. The molecule has 3 rings (SSSR count). The van der Waals surface area contributed by atoms with E-state index in [4.69, 9.17) is 9.47 Å². The van der Waals surface area contributed by atoms with E-state index < -0.39 is 10.0 Å². The Morgan fingerprint density at radius 2 is 1.63 bits per heavy atom. The van der Waals surface area contributed by atoms with Crippen molar-refractivity contribution in [3.8, 4) is 0 Å². The maximum absolute atomic E-state index is 12.8. The van der Waals surface area contributed by atoms with Gasteiger partial charge in [0.15, 0.2) is 0 Å². The average Bonchev–Trinajstić information content (AvgIpc) is 2.68. The summed E-state index contributed by atoms with van der Waals surface area (Å²) in [5, 5.41) is 0. The summed E-state index contributed by atoms with van der Waals surface area (Å²) in [5.74, 6) is 0.383. The van der Waals surface area contributed by atoms with Crippen LogP contribution in [0.5, 0.6) is 0 Å². The van der Waals surface area contributed by atoms with E-state index in [1.165, 1.54) is 0 Å². The zero-order valence-corrected chi connectivity index (χ0v) is 17.3. The molecular formula is C20H32N2O4S. The molecule has 0 spiro atoms. The third-order valence-corrected chi connectivity index (χ3v) is 7.13. The molecular weight excluding hydrogens is 364 g/mol. The number of nitrogens with zero attached hydrogens (tertiary/aromatic N) is 1. The molecule has 27 heavy (non-hydrogen) atoms.